The summed E-state index contributed by atoms with van der Waals surface area (Å²) in [5.41, 5.74) is 5.58. The number of aromatic nitrogens is 1. The second-order valence-electron chi connectivity index (χ2n) is 11.6. The summed E-state index contributed by atoms with van der Waals surface area (Å²) in [5.74, 6) is 0.759. The van der Waals surface area contributed by atoms with Gasteiger partial charge in [0.15, 0.2) is 0 Å². The number of aryl methyl sites for hydroxylation is 1. The van der Waals surface area contributed by atoms with Crippen LogP contribution in [0.1, 0.15) is 42.7 Å². The van der Waals surface area contributed by atoms with Gasteiger partial charge in [-0.1, -0.05) is 43.0 Å². The van der Waals surface area contributed by atoms with E-state index in [0.29, 0.717) is 18.6 Å². The van der Waals surface area contributed by atoms with E-state index in [4.69, 9.17) is 9.72 Å². The molecule has 3 aliphatic rings. The van der Waals surface area contributed by atoms with Gasteiger partial charge < -0.3 is 14.5 Å². The smallest absolute Gasteiger partial charge is 0.245 e. The lowest BCUT2D eigenvalue weighted by atomic mass is 9.79. The van der Waals surface area contributed by atoms with E-state index in [1.165, 1.54) is 6.08 Å². The minimum absolute atomic E-state index is 0.00969. The number of ether oxygens (including phenoxy) is 1. The van der Waals surface area contributed by atoms with Crippen molar-refractivity contribution < 1.29 is 9.53 Å². The van der Waals surface area contributed by atoms with Crippen molar-refractivity contribution in [2.24, 2.45) is 5.41 Å². The van der Waals surface area contributed by atoms with Crippen LogP contribution in [0, 0.1) is 23.7 Å². The Kier molecular flexibility index (Phi) is 5.40. The predicted molar refractivity (Wildman–Crippen MR) is 145 cm³/mol. The van der Waals surface area contributed by atoms with Gasteiger partial charge in [0.25, 0.3) is 0 Å². The normalized spacial score (nSPS) is 19.4. The Morgan fingerprint density at radius 1 is 1.22 bits per heavy atom. The summed E-state index contributed by atoms with van der Waals surface area (Å²) in [5, 5.41) is 12.9. The monoisotopic (exact) mass is 492 g/mol. The summed E-state index contributed by atoms with van der Waals surface area (Å²) in [6.45, 7) is 13.4. The first-order chi connectivity index (χ1) is 17.7. The highest BCUT2D eigenvalue weighted by Crippen LogP contribution is 2.46. The molecule has 6 heteroatoms. The Balaban J connectivity index is 1.51. The summed E-state index contributed by atoms with van der Waals surface area (Å²) in [7, 11) is 0. The molecule has 0 atom stereocenters. The summed E-state index contributed by atoms with van der Waals surface area (Å²) in [6.07, 6.45) is 3.06. The molecule has 4 heterocycles. The maximum Gasteiger partial charge on any atom is 0.245 e. The summed E-state index contributed by atoms with van der Waals surface area (Å²) in [4.78, 5) is 21.4. The Morgan fingerprint density at radius 3 is 2.76 bits per heavy atom. The number of pyridine rings is 1. The van der Waals surface area contributed by atoms with Gasteiger partial charge in [-0.15, -0.1) is 0 Å². The molecule has 0 radical (unpaired) electrons. The fourth-order valence-corrected chi connectivity index (χ4v) is 6.40. The molecule has 188 valence electrons. The van der Waals surface area contributed by atoms with Crippen LogP contribution in [0.2, 0.25) is 0 Å². The van der Waals surface area contributed by atoms with Crippen molar-refractivity contribution in [3.8, 4) is 17.2 Å². The molecule has 2 saturated heterocycles. The molecule has 6 rings (SSSR count). The highest BCUT2D eigenvalue weighted by atomic mass is 16.5. The van der Waals surface area contributed by atoms with E-state index in [2.05, 4.69) is 74.7 Å². The molecule has 2 aromatic carbocycles. The molecule has 3 aliphatic heterocycles. The first kappa shape index (κ1) is 23.7. The van der Waals surface area contributed by atoms with Crippen molar-refractivity contribution in [1.82, 2.24) is 9.88 Å². The quantitative estimate of drug-likeness (QED) is 0.473. The average Bonchev–Trinajstić information content (AvgIpc) is 3.31. The molecule has 3 aromatic rings. The first-order valence-corrected chi connectivity index (χ1v) is 13.0. The molecule has 37 heavy (non-hydrogen) atoms. The second-order valence-corrected chi connectivity index (χ2v) is 11.6. The van der Waals surface area contributed by atoms with Crippen LogP contribution >= 0.6 is 0 Å². The third-order valence-electron chi connectivity index (χ3n) is 8.23. The van der Waals surface area contributed by atoms with E-state index < -0.39 is 0 Å². The van der Waals surface area contributed by atoms with Crippen molar-refractivity contribution >= 4 is 22.5 Å². The van der Waals surface area contributed by atoms with Crippen LogP contribution in [0.25, 0.3) is 21.9 Å². The lowest BCUT2D eigenvalue weighted by Crippen LogP contribution is -2.59. The van der Waals surface area contributed by atoms with Crippen molar-refractivity contribution in [1.29, 1.82) is 5.26 Å². The van der Waals surface area contributed by atoms with Gasteiger partial charge in [0.2, 0.25) is 5.91 Å². The number of anilines is 1. The first-order valence-electron chi connectivity index (χ1n) is 13.0. The third kappa shape index (κ3) is 3.89. The lowest BCUT2D eigenvalue weighted by Gasteiger charge is -2.47. The number of carbonyl (C=O) groups is 1. The van der Waals surface area contributed by atoms with Gasteiger partial charge in [0.05, 0.1) is 17.9 Å². The van der Waals surface area contributed by atoms with E-state index in [-0.39, 0.29) is 16.9 Å². The number of rotatable bonds is 3. The van der Waals surface area contributed by atoms with Crippen molar-refractivity contribution in [2.45, 2.75) is 45.8 Å². The SMILES string of the molecule is C=CC(=O)N1CC2(CCN(c3nc4c(c(-c5cc(C)cc6ccccc56)c3C#N)COC(C)(C)C4)C2)C1. The molecule has 0 saturated carbocycles. The number of carbonyl (C=O) groups excluding carboxylic acids is 1. The summed E-state index contributed by atoms with van der Waals surface area (Å²) >= 11 is 0. The summed E-state index contributed by atoms with van der Waals surface area (Å²) < 4.78 is 6.26. The van der Waals surface area contributed by atoms with Crippen LogP contribution in [0.4, 0.5) is 5.82 Å². The van der Waals surface area contributed by atoms with E-state index >= 15 is 0 Å². The molecule has 0 bridgehead atoms. The van der Waals surface area contributed by atoms with Gasteiger partial charge in [0.1, 0.15) is 17.5 Å². The highest BCUT2D eigenvalue weighted by Gasteiger charge is 2.49. The molecule has 2 fully saturated rings. The molecule has 0 aliphatic carbocycles. The number of fused-ring (bicyclic) bond motifs is 2. The van der Waals surface area contributed by atoms with Crippen molar-refractivity contribution in [2.75, 3.05) is 31.1 Å². The Hall–Kier alpha value is -3.69. The fraction of sp³-hybridized carbons (Fsp3) is 0.387. The minimum atomic E-state index is -0.316. The number of hydrogen-bond acceptors (Lipinski definition) is 5. The minimum Gasteiger partial charge on any atom is -0.370 e. The van der Waals surface area contributed by atoms with Gasteiger partial charge >= 0.3 is 0 Å². The summed E-state index contributed by atoms with van der Waals surface area (Å²) in [6, 6.07) is 15.3. The van der Waals surface area contributed by atoms with Gasteiger partial charge in [-0.25, -0.2) is 4.98 Å². The van der Waals surface area contributed by atoms with Gasteiger partial charge in [-0.05, 0) is 55.2 Å². The number of likely N-dealkylation sites (tertiary alicyclic amines) is 1. The van der Waals surface area contributed by atoms with Gasteiger partial charge in [-0.3, -0.25) is 4.79 Å². The van der Waals surface area contributed by atoms with Crippen LogP contribution in [-0.4, -0.2) is 47.6 Å². The van der Waals surface area contributed by atoms with E-state index in [0.717, 1.165) is 77.1 Å². The molecule has 0 N–H and O–H groups in total. The number of nitrogens with zero attached hydrogens (tertiary/aromatic N) is 4. The standard InChI is InChI=1S/C31H32N4O2/c1-5-27(36)35-18-31(19-35)10-11-34(17-31)29-24(15-32)28(25-16-37-30(3,4)14-26(25)33-29)23-13-20(2)12-21-8-6-7-9-22(21)23/h5-9,12-13H,1,10-11,14,16-19H2,2-4H3. The van der Waals surface area contributed by atoms with E-state index in [1.807, 2.05) is 4.90 Å². The van der Waals surface area contributed by atoms with Crippen LogP contribution < -0.4 is 4.90 Å². The molecule has 1 spiro atoms. The maximum absolute atomic E-state index is 12.1. The van der Waals surface area contributed by atoms with Crippen LogP contribution in [0.3, 0.4) is 0 Å². The molecule has 6 nitrogen and oxygen atoms in total. The number of benzene rings is 2. The van der Waals surface area contributed by atoms with Gasteiger partial charge in [0, 0.05) is 49.1 Å². The van der Waals surface area contributed by atoms with E-state index in [9.17, 15) is 10.1 Å². The Bertz CT molecular complexity index is 1490. The zero-order chi connectivity index (χ0) is 25.9. The Morgan fingerprint density at radius 2 is 2.00 bits per heavy atom. The number of nitriles is 1. The molecule has 0 unspecified atom stereocenters. The number of hydrogen-bond donors (Lipinski definition) is 0. The zero-order valence-corrected chi connectivity index (χ0v) is 21.8. The third-order valence-corrected chi connectivity index (χ3v) is 8.23. The van der Waals surface area contributed by atoms with E-state index in [1.54, 1.807) is 0 Å². The molecular weight excluding hydrogens is 460 g/mol. The van der Waals surface area contributed by atoms with Gasteiger partial charge in [-0.2, -0.15) is 5.26 Å². The zero-order valence-electron chi connectivity index (χ0n) is 21.8. The predicted octanol–water partition coefficient (Wildman–Crippen LogP) is 5.16. The average molecular weight is 493 g/mol. The lowest BCUT2D eigenvalue weighted by molar-refractivity contribution is -0.136. The van der Waals surface area contributed by atoms with Crippen LogP contribution in [0.5, 0.6) is 0 Å². The highest BCUT2D eigenvalue weighted by molar-refractivity contribution is 6.00. The van der Waals surface area contributed by atoms with Crippen molar-refractivity contribution in [3.63, 3.8) is 0 Å². The van der Waals surface area contributed by atoms with Crippen LogP contribution in [0.15, 0.2) is 49.1 Å². The largest absolute Gasteiger partial charge is 0.370 e. The molecule has 1 aromatic heterocycles. The maximum atomic E-state index is 12.1. The second kappa shape index (κ2) is 8.43. The fourth-order valence-electron chi connectivity index (χ4n) is 6.40. The number of amides is 1. The Labute approximate surface area is 218 Å². The van der Waals surface area contributed by atoms with Crippen molar-refractivity contribution in [3.05, 3.63) is 71.4 Å². The molecular formula is C31H32N4O2. The molecule has 1 amide bonds. The topological polar surface area (TPSA) is 69.5 Å². The van der Waals surface area contributed by atoms with Crippen LogP contribution in [-0.2, 0) is 22.6 Å².